The third kappa shape index (κ3) is 8.18. The first-order valence-electron chi connectivity index (χ1n) is 9.12. The number of ether oxygens (including phenoxy) is 3. The molecule has 0 aromatic heterocycles. The van der Waals surface area contributed by atoms with Gasteiger partial charge in [0.15, 0.2) is 0 Å². The average Bonchev–Trinajstić information content (AvgIpc) is 2.59. The lowest BCUT2D eigenvalue weighted by Gasteiger charge is -2.38. The van der Waals surface area contributed by atoms with Crippen LogP contribution in [0.4, 0.5) is 22.8 Å². The Morgan fingerprint density at radius 3 is 2.41 bits per heavy atom. The molecule has 2 atom stereocenters. The van der Waals surface area contributed by atoms with Crippen LogP contribution >= 0.6 is 0 Å². The number of nitrogens with one attached hydrogen (secondary N) is 1. The van der Waals surface area contributed by atoms with E-state index in [4.69, 9.17) is 9.47 Å². The van der Waals surface area contributed by atoms with Crippen molar-refractivity contribution in [3.63, 3.8) is 0 Å². The van der Waals surface area contributed by atoms with Crippen molar-refractivity contribution in [3.8, 4) is 0 Å². The van der Waals surface area contributed by atoms with Gasteiger partial charge in [0.2, 0.25) is 0 Å². The second kappa shape index (κ2) is 9.34. The number of alkyl halides is 3. The molecule has 0 saturated carbocycles. The summed E-state index contributed by atoms with van der Waals surface area (Å²) in [6, 6.07) is 7.87. The molecule has 0 radical (unpaired) electrons. The second-order valence-corrected chi connectivity index (χ2v) is 7.63. The number of hydrogen-bond acceptors (Lipinski definition) is 5. The summed E-state index contributed by atoms with van der Waals surface area (Å²) in [6.07, 6.45) is -7.91. The lowest BCUT2D eigenvalue weighted by molar-refractivity contribution is -0.348. The van der Waals surface area contributed by atoms with Gasteiger partial charge in [-0.3, -0.25) is 4.74 Å². The molecule has 2 amide bonds. The lowest BCUT2D eigenvalue weighted by Crippen LogP contribution is -2.58. The van der Waals surface area contributed by atoms with Gasteiger partial charge in [0.1, 0.15) is 12.2 Å². The van der Waals surface area contributed by atoms with Crippen molar-refractivity contribution in [3.05, 3.63) is 35.9 Å². The molecular weight excluding hydrogens is 393 g/mol. The molecule has 1 N–H and O–H groups in total. The van der Waals surface area contributed by atoms with Gasteiger partial charge in [0.25, 0.3) is 0 Å². The highest BCUT2D eigenvalue weighted by molar-refractivity contribution is 5.70. The monoisotopic (exact) mass is 418 g/mol. The molecule has 7 nitrogen and oxygen atoms in total. The summed E-state index contributed by atoms with van der Waals surface area (Å²) in [4.78, 5) is 25.6. The summed E-state index contributed by atoms with van der Waals surface area (Å²) in [5, 5.41) is 2.37. The Labute approximate surface area is 167 Å². The van der Waals surface area contributed by atoms with Crippen LogP contribution in [0.5, 0.6) is 0 Å². The Morgan fingerprint density at radius 2 is 1.83 bits per heavy atom. The van der Waals surface area contributed by atoms with Gasteiger partial charge >= 0.3 is 18.5 Å². The van der Waals surface area contributed by atoms with E-state index in [1.165, 1.54) is 4.90 Å². The van der Waals surface area contributed by atoms with E-state index in [2.05, 4.69) is 10.1 Å². The SMILES string of the molecule is CC(C)(C)OC(=O)N[C@H]1CN(C(=O)OCc2ccccc2)CC[C@H]1OC(F)(F)F. The molecule has 10 heteroatoms. The van der Waals surface area contributed by atoms with Gasteiger partial charge in [-0.05, 0) is 32.8 Å². The maximum absolute atomic E-state index is 12.7. The fourth-order valence-electron chi connectivity index (χ4n) is 2.82. The molecule has 1 aliphatic heterocycles. The lowest BCUT2D eigenvalue weighted by atomic mass is 10.0. The number of carbonyl (C=O) groups excluding carboxylic acids is 2. The van der Waals surface area contributed by atoms with Crippen molar-refractivity contribution in [2.45, 2.75) is 57.9 Å². The Balaban J connectivity index is 2.00. The van der Waals surface area contributed by atoms with Crippen LogP contribution in [0.2, 0.25) is 0 Å². The Kier molecular flexibility index (Phi) is 7.34. The van der Waals surface area contributed by atoms with E-state index in [1.807, 2.05) is 6.07 Å². The molecule has 0 aliphatic carbocycles. The number of carbonyl (C=O) groups is 2. The van der Waals surface area contributed by atoms with Crippen LogP contribution in [0.25, 0.3) is 0 Å². The topological polar surface area (TPSA) is 77.1 Å². The van der Waals surface area contributed by atoms with Crippen molar-refractivity contribution in [1.82, 2.24) is 10.2 Å². The van der Waals surface area contributed by atoms with Crippen molar-refractivity contribution >= 4 is 12.2 Å². The number of rotatable bonds is 4. The first-order valence-corrected chi connectivity index (χ1v) is 9.12. The molecule has 1 saturated heterocycles. The zero-order valence-corrected chi connectivity index (χ0v) is 16.5. The first-order chi connectivity index (χ1) is 13.4. The first kappa shape index (κ1) is 22.8. The zero-order valence-electron chi connectivity index (χ0n) is 16.5. The summed E-state index contributed by atoms with van der Waals surface area (Å²) in [6.45, 7) is 4.72. The predicted octanol–water partition coefficient (Wildman–Crippen LogP) is 3.83. The number of nitrogens with zero attached hydrogens (tertiary/aromatic N) is 1. The fourth-order valence-corrected chi connectivity index (χ4v) is 2.82. The van der Waals surface area contributed by atoms with Gasteiger partial charge in [-0.15, -0.1) is 13.2 Å². The molecule has 29 heavy (non-hydrogen) atoms. The molecule has 0 spiro atoms. The van der Waals surface area contributed by atoms with Crippen molar-refractivity contribution in [1.29, 1.82) is 0 Å². The van der Waals surface area contributed by atoms with E-state index in [0.717, 1.165) is 5.56 Å². The van der Waals surface area contributed by atoms with Crippen LogP contribution in [-0.2, 0) is 20.8 Å². The van der Waals surface area contributed by atoms with Crippen LogP contribution < -0.4 is 5.32 Å². The van der Waals surface area contributed by atoms with Crippen molar-refractivity contribution in [2.24, 2.45) is 0 Å². The minimum Gasteiger partial charge on any atom is -0.445 e. The van der Waals surface area contributed by atoms with Gasteiger partial charge in [-0.25, -0.2) is 9.59 Å². The van der Waals surface area contributed by atoms with Gasteiger partial charge in [0.05, 0.1) is 12.1 Å². The van der Waals surface area contributed by atoms with E-state index in [0.29, 0.717) is 0 Å². The minimum atomic E-state index is -4.87. The van der Waals surface area contributed by atoms with Crippen molar-refractivity contribution in [2.75, 3.05) is 13.1 Å². The molecule has 0 bridgehead atoms. The van der Waals surface area contributed by atoms with E-state index < -0.39 is 36.3 Å². The number of amides is 2. The second-order valence-electron chi connectivity index (χ2n) is 7.63. The number of alkyl carbamates (subject to hydrolysis) is 1. The van der Waals surface area contributed by atoms with Crippen LogP contribution in [0.1, 0.15) is 32.8 Å². The van der Waals surface area contributed by atoms with E-state index in [9.17, 15) is 22.8 Å². The highest BCUT2D eigenvalue weighted by Crippen LogP contribution is 2.25. The predicted molar refractivity (Wildman–Crippen MR) is 96.9 cm³/mol. The number of piperidine rings is 1. The van der Waals surface area contributed by atoms with Crippen LogP contribution in [0, 0.1) is 0 Å². The van der Waals surface area contributed by atoms with E-state index >= 15 is 0 Å². The molecule has 1 aliphatic rings. The maximum Gasteiger partial charge on any atom is 0.522 e. The molecule has 1 heterocycles. The minimum absolute atomic E-state index is 0.000861. The van der Waals surface area contributed by atoms with Crippen LogP contribution in [0.15, 0.2) is 30.3 Å². The quantitative estimate of drug-likeness (QED) is 0.804. The van der Waals surface area contributed by atoms with Gasteiger partial charge in [0, 0.05) is 13.1 Å². The average molecular weight is 418 g/mol. The Bertz CT molecular complexity index is 691. The normalized spacial score (nSPS) is 20.1. The maximum atomic E-state index is 12.7. The summed E-state index contributed by atoms with van der Waals surface area (Å²) < 4.78 is 52.6. The van der Waals surface area contributed by atoms with Crippen LogP contribution in [0.3, 0.4) is 0 Å². The Morgan fingerprint density at radius 1 is 1.17 bits per heavy atom. The molecule has 1 aromatic rings. The van der Waals surface area contributed by atoms with E-state index in [1.54, 1.807) is 45.0 Å². The highest BCUT2D eigenvalue weighted by Gasteiger charge is 2.42. The number of hydrogen-bond donors (Lipinski definition) is 1. The third-order valence-corrected chi connectivity index (χ3v) is 4.00. The Hall–Kier alpha value is -2.49. The molecular formula is C19H25F3N2O5. The van der Waals surface area contributed by atoms with E-state index in [-0.39, 0.29) is 26.1 Å². The number of benzene rings is 1. The van der Waals surface area contributed by atoms with Crippen LogP contribution in [-0.4, -0.2) is 54.3 Å². The number of likely N-dealkylation sites (tertiary alicyclic amines) is 1. The van der Waals surface area contributed by atoms with Crippen molar-refractivity contribution < 1.29 is 37.0 Å². The van der Waals surface area contributed by atoms with Gasteiger partial charge in [-0.1, -0.05) is 30.3 Å². The molecule has 2 rings (SSSR count). The summed E-state index contributed by atoms with van der Waals surface area (Å²) >= 11 is 0. The van der Waals surface area contributed by atoms with Gasteiger partial charge in [-0.2, -0.15) is 0 Å². The summed E-state index contributed by atoms with van der Waals surface area (Å²) in [5.41, 5.74) is -0.0486. The van der Waals surface area contributed by atoms with Gasteiger partial charge < -0.3 is 19.7 Å². The molecule has 1 fully saturated rings. The standard InChI is InChI=1S/C19H25F3N2O5/c1-18(2,3)29-16(25)23-14-11-24(10-9-15(14)28-19(20,21)22)17(26)27-12-13-7-5-4-6-8-13/h4-8,14-15H,9-12H2,1-3H3,(H,23,25)/t14-,15+/m0/s1. The molecule has 162 valence electrons. The zero-order chi connectivity index (χ0) is 21.7. The summed E-state index contributed by atoms with van der Waals surface area (Å²) in [5.74, 6) is 0. The summed E-state index contributed by atoms with van der Waals surface area (Å²) in [7, 11) is 0. The molecule has 1 aromatic carbocycles. The smallest absolute Gasteiger partial charge is 0.445 e. The third-order valence-electron chi connectivity index (χ3n) is 4.00. The highest BCUT2D eigenvalue weighted by atomic mass is 19.4. The number of halogens is 3. The fraction of sp³-hybridized carbons (Fsp3) is 0.579. The largest absolute Gasteiger partial charge is 0.522 e. The molecule has 0 unspecified atom stereocenters.